The van der Waals surface area contributed by atoms with E-state index >= 15 is 0 Å². The average molecular weight is 1900 g/mol. The van der Waals surface area contributed by atoms with E-state index in [9.17, 15) is 20.4 Å². The van der Waals surface area contributed by atoms with Crippen molar-refractivity contribution in [2.45, 2.75) is 55.4 Å². The number of nitrogens with two attached hydrogens (primary N) is 4. The van der Waals surface area contributed by atoms with Crippen LogP contribution in [-0.4, -0.2) is 111 Å². The van der Waals surface area contributed by atoms with E-state index in [4.69, 9.17) is 177 Å². The molecule has 4 aromatic heterocycles. The van der Waals surface area contributed by atoms with E-state index < -0.39 is 85.0 Å². The molecule has 0 aliphatic rings. The van der Waals surface area contributed by atoms with Gasteiger partial charge in [0.1, 0.15) is 22.8 Å². The summed E-state index contributed by atoms with van der Waals surface area (Å²) in [5, 5.41) is 144. The molecule has 0 fully saturated rings. The SMILES string of the molecule is CC#N.CC#N.CC#N.CC#N.CC(=N\O)/C([O-])=N/N=C(\N)c1ccccn1.CC(=N\O)/C([O-])=N/N=C(\N)c1ccccn1.CC(=N\O)/C([O-])=N/N=C(\N)c1ccccn1.CC(=N\O)/C([O-])=N/N=C(\N)c1ccccn1.[Fe+2].[Fe+2].[Fe+3].[Fe+3].[O-][Cl+3]([O-])([O-])[O-].[O-][Cl+3]([O-])([O-])[O-].[O-][Cl+3]([O-])([O-])[O-].[O-][Cl+3]([O-])([O-])[O-].[O-][Cl+3]([O-])([O-])[O-].[O-][Cl+3]([O-])([O-])[O-].[OH3+].[OH3+]. The monoisotopic (exact) mass is 1900 g/mol. The van der Waals surface area contributed by atoms with Gasteiger partial charge in [0, 0.05) is 76.1 Å². The molecule has 4 heterocycles. The molecule has 0 amide bonds. The van der Waals surface area contributed by atoms with Crippen LogP contribution < -0.4 is 155 Å². The van der Waals surface area contributed by atoms with E-state index in [2.05, 4.69) is 81.4 Å². The first-order chi connectivity index (χ1) is 48.2. The minimum absolute atomic E-state index is 0. The molecule has 0 atom stereocenters. The van der Waals surface area contributed by atoms with Crippen LogP contribution in [0.25, 0.3) is 0 Å². The van der Waals surface area contributed by atoms with Crippen molar-refractivity contribution >= 4 is 69.8 Å². The summed E-state index contributed by atoms with van der Waals surface area (Å²) < 4.78 is 204. The predicted octanol–water partition coefficient (Wildman–Crippen LogP) is -31.0. The third kappa shape index (κ3) is 147. The van der Waals surface area contributed by atoms with Crippen molar-refractivity contribution in [3.05, 3.63) is 120 Å². The van der Waals surface area contributed by atoms with E-state index in [0.717, 1.165) is 0 Å². The molecule has 4 rings (SSSR count). The zero-order valence-electron chi connectivity index (χ0n) is 56.5. The van der Waals surface area contributed by atoms with Crippen LogP contribution in [0, 0.1) is 107 Å². The summed E-state index contributed by atoms with van der Waals surface area (Å²) in [6, 6.07) is 27.3. The zero-order valence-corrected chi connectivity index (χ0v) is 65.5. The maximum atomic E-state index is 11.1. The standard InChI is InChI=1S/4C9H11N5O2.4C2H3N.6ClHO4.4Fe.2H2O/c4*1-6(14-16)9(15)13-12-8(10)7-4-2-3-5-11-7;4*1-2-3;6*2-1(3,4)5;;;;;;/h4*2-5,16H,1H3,(H2,10,12)(H,13,15);4*1H3;6*(H,2,3,4,5);;;;;2*1H2/q;;;;;;;;;;;;;;2*+2;2*+3;;/p-8/b4*14-6+;;;;;;;;;;;;;;;;. The zero-order chi connectivity index (χ0) is 85.7. The van der Waals surface area contributed by atoms with Crippen molar-refractivity contribution in [1.82, 2.24) is 19.9 Å². The molecule has 68 heteroatoms. The van der Waals surface area contributed by atoms with Gasteiger partial charge in [0.15, 0.2) is 23.3 Å². The van der Waals surface area contributed by atoms with E-state index in [1.165, 1.54) is 55.4 Å². The molecule has 2 radical (unpaired) electrons. The van der Waals surface area contributed by atoms with Gasteiger partial charge in [-0.2, -0.15) is 41.5 Å². The Kier molecular flexibility index (Phi) is 107. The Hall–Kier alpha value is -9.02. The normalized spacial score (nSPS) is 11.5. The molecule has 0 saturated carbocycles. The quantitative estimate of drug-likeness (QED) is 0.0163. The molecule has 0 aliphatic carbocycles. The Morgan fingerprint density at radius 3 is 0.491 bits per heavy atom. The Balaban J connectivity index is -0.0000000661. The van der Waals surface area contributed by atoms with Gasteiger partial charge >= 0.3 is 68.3 Å². The van der Waals surface area contributed by atoms with Crippen LogP contribution in [0.3, 0.4) is 0 Å². The fourth-order valence-electron chi connectivity index (χ4n) is 3.12. The molecule has 0 bridgehead atoms. The second-order valence-corrected chi connectivity index (χ2v) is 18.9. The minimum atomic E-state index is -4.94. The van der Waals surface area contributed by atoms with E-state index in [-0.39, 0.29) is 125 Å². The van der Waals surface area contributed by atoms with Crippen molar-refractivity contribution in [3.63, 3.8) is 0 Å². The number of hydrogen-bond donors (Lipinski definition) is 8. The fraction of sp³-hybridized carbons (Fsp3) is 0.182. The van der Waals surface area contributed by atoms with Gasteiger partial charge in [-0.15, -0.1) is 81.9 Å². The van der Waals surface area contributed by atoms with Gasteiger partial charge < -0.3 is 75.1 Å². The van der Waals surface area contributed by atoms with E-state index in [1.807, 2.05) is 0 Å². The third-order valence-corrected chi connectivity index (χ3v) is 6.54. The molecule has 112 heavy (non-hydrogen) atoms. The number of oxime groups is 4. The summed E-state index contributed by atoms with van der Waals surface area (Å²) in [4.78, 5) is 15.7. The Bertz CT molecular complexity index is 3040. The van der Waals surface area contributed by atoms with Crippen LogP contribution in [0.4, 0.5) is 0 Å². The Morgan fingerprint density at radius 1 is 0.304 bits per heavy atom. The smallest absolute Gasteiger partial charge is 0.856 e. The molecule has 0 spiro atoms. The average Bonchev–Trinajstić information content (AvgIpc) is 0.926. The number of pyridine rings is 4. The predicted molar refractivity (Wildman–Crippen MR) is 284 cm³/mol. The fourth-order valence-corrected chi connectivity index (χ4v) is 3.12. The molecular weight excluding hydrogens is 1840 g/mol. The Labute approximate surface area is 684 Å². The summed E-state index contributed by atoms with van der Waals surface area (Å²) in [6.07, 6.45) is 6.17. The van der Waals surface area contributed by atoms with E-state index in [1.54, 1.807) is 122 Å². The summed E-state index contributed by atoms with van der Waals surface area (Å²) in [6.45, 7) is 10.9. The third-order valence-electron chi connectivity index (χ3n) is 6.54. The number of aromatic nitrogens is 4. The van der Waals surface area contributed by atoms with Crippen molar-refractivity contribution < 1.29 is 294 Å². The summed E-state index contributed by atoms with van der Waals surface area (Å²) in [5.74, 6) is -3.00. The Morgan fingerprint density at radius 2 is 0.411 bits per heavy atom. The molecule has 4 aromatic rings. The van der Waals surface area contributed by atoms with Crippen LogP contribution in [0.15, 0.2) is 159 Å². The molecule has 0 aliphatic heterocycles. The van der Waals surface area contributed by atoms with Gasteiger partial charge in [0.2, 0.25) is 0 Å². The van der Waals surface area contributed by atoms with Crippen molar-refractivity contribution in [1.29, 1.82) is 21.0 Å². The number of amidine groups is 4. The largest absolute Gasteiger partial charge is 3.00 e. The second-order valence-electron chi connectivity index (χ2n) is 14.3. The molecule has 0 aromatic carbocycles. The molecule has 0 saturated heterocycles. The molecule has 58 nitrogen and oxygen atoms in total. The van der Waals surface area contributed by atoms with Gasteiger partial charge in [0.25, 0.3) is 0 Å². The molecular formula is C44H58Cl6Fe4N24O34+2. The van der Waals surface area contributed by atoms with Crippen LogP contribution in [0.5, 0.6) is 0 Å². The van der Waals surface area contributed by atoms with Gasteiger partial charge in [0.05, 0.1) is 47.1 Å². The number of nitriles is 4. The van der Waals surface area contributed by atoms with Gasteiger partial charge in [-0.25, -0.2) is 112 Å². The van der Waals surface area contributed by atoms with Crippen molar-refractivity contribution in [2.75, 3.05) is 0 Å². The number of halogens is 6. The first kappa shape index (κ1) is 142. The molecule has 630 valence electrons. The maximum absolute atomic E-state index is 11.1. The first-order valence-corrected chi connectivity index (χ1v) is 31.3. The van der Waals surface area contributed by atoms with Gasteiger partial charge in [-0.3, -0.25) is 19.9 Å². The summed E-state index contributed by atoms with van der Waals surface area (Å²) in [7, 11) is -29.7. The number of rotatable bonds is 12. The molecule has 18 N–H and O–H groups in total. The van der Waals surface area contributed by atoms with Crippen LogP contribution in [-0.2, 0) is 79.2 Å². The van der Waals surface area contributed by atoms with Gasteiger partial charge in [-0.1, -0.05) is 44.9 Å². The molecule has 0 unspecified atom stereocenters. The summed E-state index contributed by atoms with van der Waals surface area (Å²) >= 11 is 0. The topological polar surface area (TPSA) is 1190 Å². The minimum Gasteiger partial charge on any atom is -0.856 e. The maximum Gasteiger partial charge on any atom is 3.00 e. The van der Waals surface area contributed by atoms with Crippen LogP contribution in [0.2, 0.25) is 0 Å². The first-order valence-electron chi connectivity index (χ1n) is 23.9. The van der Waals surface area contributed by atoms with Crippen LogP contribution in [0.1, 0.15) is 78.2 Å². The van der Waals surface area contributed by atoms with Crippen LogP contribution >= 0.6 is 0 Å². The van der Waals surface area contributed by atoms with Gasteiger partial charge in [-0.05, 0) is 76.2 Å². The number of hydrogen-bond acceptors (Lipinski definition) is 52. The number of nitrogens with zero attached hydrogens (tertiary/aromatic N) is 20. The second kappa shape index (κ2) is 84.4. The summed E-state index contributed by atoms with van der Waals surface area (Å²) in [5.41, 5.74) is 23.1. The van der Waals surface area contributed by atoms with Crippen molar-refractivity contribution in [2.24, 2.45) is 84.4 Å². The van der Waals surface area contributed by atoms with E-state index in [0.29, 0.717) is 22.8 Å². The van der Waals surface area contributed by atoms with Crippen molar-refractivity contribution in [3.8, 4) is 24.3 Å².